The third-order valence-corrected chi connectivity index (χ3v) is 4.00. The van der Waals surface area contributed by atoms with Gasteiger partial charge in [0.15, 0.2) is 0 Å². The van der Waals surface area contributed by atoms with Crippen LogP contribution in [0.4, 0.5) is 5.82 Å². The van der Waals surface area contributed by atoms with Crippen LogP contribution in [0.2, 0.25) is 0 Å². The minimum atomic E-state index is -0.442. The predicted molar refractivity (Wildman–Crippen MR) is 81.5 cm³/mol. The Kier molecular flexibility index (Phi) is 2.82. The van der Waals surface area contributed by atoms with Crippen molar-refractivity contribution in [3.8, 4) is 0 Å². The Morgan fingerprint density at radius 1 is 1.32 bits per heavy atom. The summed E-state index contributed by atoms with van der Waals surface area (Å²) in [5.74, 6) is 0.307. The normalized spacial score (nSPS) is 14.1. The number of para-hydroxylation sites is 1. The Morgan fingerprint density at radius 3 is 3.05 bits per heavy atom. The zero-order valence-electron chi connectivity index (χ0n) is 11.8. The molecule has 0 aliphatic carbocycles. The fourth-order valence-electron chi connectivity index (χ4n) is 2.86. The predicted octanol–water partition coefficient (Wildman–Crippen LogP) is 1.88. The van der Waals surface area contributed by atoms with Crippen molar-refractivity contribution in [3.05, 3.63) is 53.4 Å². The van der Waals surface area contributed by atoms with E-state index in [4.69, 9.17) is 10.3 Å². The lowest BCUT2D eigenvalue weighted by Gasteiger charge is -2.27. The summed E-state index contributed by atoms with van der Waals surface area (Å²) in [6.07, 6.45) is 2.46. The number of pyridine rings is 1. The van der Waals surface area contributed by atoms with Crippen molar-refractivity contribution < 1.29 is 9.32 Å². The molecule has 1 aromatic carbocycles. The van der Waals surface area contributed by atoms with Crippen LogP contribution in [0.3, 0.4) is 0 Å². The third-order valence-electron chi connectivity index (χ3n) is 4.00. The SMILES string of the molecule is NC(=O)c1cc(N2CCc3nocc3C2)nc2ccccc12. The summed E-state index contributed by atoms with van der Waals surface area (Å²) >= 11 is 0. The molecule has 6 heteroatoms. The first-order valence-corrected chi connectivity index (χ1v) is 7.09. The number of aromatic nitrogens is 2. The first kappa shape index (κ1) is 12.8. The van der Waals surface area contributed by atoms with Gasteiger partial charge >= 0.3 is 0 Å². The van der Waals surface area contributed by atoms with E-state index < -0.39 is 5.91 Å². The lowest BCUT2D eigenvalue weighted by Crippen LogP contribution is -2.31. The first-order valence-electron chi connectivity index (χ1n) is 7.09. The molecule has 4 rings (SSSR count). The summed E-state index contributed by atoms with van der Waals surface area (Å²) in [5, 5.41) is 4.76. The van der Waals surface area contributed by atoms with Crippen LogP contribution in [0.15, 0.2) is 41.1 Å². The Balaban J connectivity index is 1.81. The van der Waals surface area contributed by atoms with Crippen molar-refractivity contribution >= 4 is 22.6 Å². The Labute approximate surface area is 126 Å². The Bertz CT molecular complexity index is 871. The number of carbonyl (C=O) groups is 1. The molecular weight excluding hydrogens is 280 g/mol. The van der Waals surface area contributed by atoms with Crippen LogP contribution in [-0.4, -0.2) is 22.6 Å². The molecule has 6 nitrogen and oxygen atoms in total. The maximum Gasteiger partial charge on any atom is 0.249 e. The number of carbonyl (C=O) groups excluding carboxylic acids is 1. The van der Waals surface area contributed by atoms with Crippen LogP contribution in [0.1, 0.15) is 21.6 Å². The van der Waals surface area contributed by atoms with E-state index in [1.807, 2.05) is 24.3 Å². The largest absolute Gasteiger partial charge is 0.366 e. The first-order chi connectivity index (χ1) is 10.7. The second kappa shape index (κ2) is 4.84. The van der Waals surface area contributed by atoms with Gasteiger partial charge in [0, 0.05) is 30.5 Å². The van der Waals surface area contributed by atoms with Crippen LogP contribution in [0.5, 0.6) is 0 Å². The summed E-state index contributed by atoms with van der Waals surface area (Å²) in [6.45, 7) is 1.45. The van der Waals surface area contributed by atoms with E-state index >= 15 is 0 Å². The molecule has 3 aromatic rings. The van der Waals surface area contributed by atoms with E-state index in [1.165, 1.54) is 0 Å². The quantitative estimate of drug-likeness (QED) is 0.780. The van der Waals surface area contributed by atoms with Crippen LogP contribution >= 0.6 is 0 Å². The lowest BCUT2D eigenvalue weighted by molar-refractivity contribution is 0.100. The zero-order chi connectivity index (χ0) is 15.1. The van der Waals surface area contributed by atoms with Gasteiger partial charge in [0.1, 0.15) is 12.1 Å². The lowest BCUT2D eigenvalue weighted by atomic mass is 10.1. The van der Waals surface area contributed by atoms with Crippen molar-refractivity contribution in [2.45, 2.75) is 13.0 Å². The van der Waals surface area contributed by atoms with Crippen LogP contribution in [0, 0.1) is 0 Å². The number of primary amides is 1. The summed E-state index contributed by atoms with van der Waals surface area (Å²) in [7, 11) is 0. The minimum Gasteiger partial charge on any atom is -0.366 e. The second-order valence-corrected chi connectivity index (χ2v) is 5.37. The fourth-order valence-corrected chi connectivity index (χ4v) is 2.86. The number of hydrogen-bond acceptors (Lipinski definition) is 5. The average molecular weight is 294 g/mol. The summed E-state index contributed by atoms with van der Waals surface area (Å²) in [6, 6.07) is 9.29. The van der Waals surface area contributed by atoms with Crippen LogP contribution in [0.25, 0.3) is 10.9 Å². The van der Waals surface area contributed by atoms with E-state index in [0.717, 1.165) is 40.9 Å². The van der Waals surface area contributed by atoms with Gasteiger partial charge in [-0.3, -0.25) is 4.79 Å². The molecular formula is C16H14N4O2. The molecule has 1 aliphatic rings. The highest BCUT2D eigenvalue weighted by Gasteiger charge is 2.22. The van der Waals surface area contributed by atoms with E-state index in [2.05, 4.69) is 15.0 Å². The number of hydrogen-bond donors (Lipinski definition) is 1. The van der Waals surface area contributed by atoms with Crippen LogP contribution in [-0.2, 0) is 13.0 Å². The van der Waals surface area contributed by atoms with E-state index in [1.54, 1.807) is 12.3 Å². The summed E-state index contributed by atoms with van der Waals surface area (Å²) < 4.78 is 5.01. The molecule has 0 bridgehead atoms. The van der Waals surface area contributed by atoms with Gasteiger partial charge in [-0.2, -0.15) is 0 Å². The third kappa shape index (κ3) is 2.00. The van der Waals surface area contributed by atoms with Crippen molar-refractivity contribution in [2.75, 3.05) is 11.4 Å². The number of nitrogens with zero attached hydrogens (tertiary/aromatic N) is 3. The summed E-state index contributed by atoms with van der Waals surface area (Å²) in [5.41, 5.74) is 8.84. The monoisotopic (exact) mass is 294 g/mol. The smallest absolute Gasteiger partial charge is 0.249 e. The van der Waals surface area contributed by atoms with E-state index in [9.17, 15) is 4.79 Å². The molecule has 2 N–H and O–H groups in total. The standard InChI is InChI=1S/C16H14N4O2/c17-16(21)12-7-15(18-14-4-2-1-3-11(12)14)20-6-5-13-10(8-20)9-22-19-13/h1-4,7,9H,5-6,8H2,(H2,17,21). The highest BCUT2D eigenvalue weighted by Crippen LogP contribution is 2.26. The number of benzene rings is 1. The second-order valence-electron chi connectivity index (χ2n) is 5.37. The molecule has 0 saturated carbocycles. The molecule has 22 heavy (non-hydrogen) atoms. The van der Waals surface area contributed by atoms with Crippen molar-refractivity contribution in [1.29, 1.82) is 0 Å². The van der Waals surface area contributed by atoms with Gasteiger partial charge in [-0.1, -0.05) is 23.4 Å². The molecule has 0 fully saturated rings. The molecule has 0 saturated heterocycles. The number of fused-ring (bicyclic) bond motifs is 2. The van der Waals surface area contributed by atoms with Crippen LogP contribution < -0.4 is 10.6 Å². The van der Waals surface area contributed by atoms with Gasteiger partial charge in [-0.05, 0) is 12.1 Å². The number of nitrogens with two attached hydrogens (primary N) is 1. The molecule has 1 aliphatic heterocycles. The minimum absolute atomic E-state index is 0.442. The highest BCUT2D eigenvalue weighted by atomic mass is 16.5. The number of amides is 1. The Hall–Kier alpha value is -2.89. The topological polar surface area (TPSA) is 85.3 Å². The van der Waals surface area contributed by atoms with Crippen molar-refractivity contribution in [3.63, 3.8) is 0 Å². The van der Waals surface area contributed by atoms with E-state index in [0.29, 0.717) is 12.1 Å². The molecule has 0 spiro atoms. The fraction of sp³-hybridized carbons (Fsp3) is 0.188. The molecule has 2 aromatic heterocycles. The van der Waals surface area contributed by atoms with E-state index in [-0.39, 0.29) is 0 Å². The summed E-state index contributed by atoms with van der Waals surface area (Å²) in [4.78, 5) is 18.5. The molecule has 0 unspecified atom stereocenters. The molecule has 0 radical (unpaired) electrons. The van der Waals surface area contributed by atoms with Crippen molar-refractivity contribution in [2.24, 2.45) is 5.73 Å². The van der Waals surface area contributed by atoms with Gasteiger partial charge in [0.05, 0.1) is 16.8 Å². The molecule has 110 valence electrons. The number of anilines is 1. The van der Waals surface area contributed by atoms with Gasteiger partial charge in [0.2, 0.25) is 5.91 Å². The van der Waals surface area contributed by atoms with Gasteiger partial charge < -0.3 is 15.2 Å². The maximum absolute atomic E-state index is 11.8. The van der Waals surface area contributed by atoms with Crippen molar-refractivity contribution in [1.82, 2.24) is 10.1 Å². The molecule has 0 atom stereocenters. The van der Waals surface area contributed by atoms with Gasteiger partial charge in [0.25, 0.3) is 0 Å². The Morgan fingerprint density at radius 2 is 2.18 bits per heavy atom. The zero-order valence-corrected chi connectivity index (χ0v) is 11.8. The van der Waals surface area contributed by atoms with Gasteiger partial charge in [-0.15, -0.1) is 0 Å². The molecule has 1 amide bonds. The number of rotatable bonds is 2. The average Bonchev–Trinajstić information content (AvgIpc) is 3.01. The maximum atomic E-state index is 11.8. The molecule has 3 heterocycles. The highest BCUT2D eigenvalue weighted by molar-refractivity contribution is 6.06. The van der Waals surface area contributed by atoms with Gasteiger partial charge in [-0.25, -0.2) is 4.98 Å².